The van der Waals surface area contributed by atoms with Crippen molar-refractivity contribution in [3.63, 3.8) is 0 Å². The Morgan fingerprint density at radius 1 is 0.907 bits per heavy atom. The van der Waals surface area contributed by atoms with E-state index in [0.29, 0.717) is 25.8 Å². The number of thiol groups is 1. The number of likely N-dealkylation sites (N-methyl/N-ethyl adjacent to an activating group) is 1. The Balaban J connectivity index is 0.000000306. The summed E-state index contributed by atoms with van der Waals surface area (Å²) in [4.78, 5) is 68.1. The highest BCUT2D eigenvalue weighted by Gasteiger charge is 2.31. The van der Waals surface area contributed by atoms with Gasteiger partial charge in [0, 0.05) is 114 Å². The van der Waals surface area contributed by atoms with Crippen LogP contribution in [-0.2, 0) is 46.4 Å². The molecule has 75 heavy (non-hydrogen) atoms. The molecule has 3 amide bonds. The van der Waals surface area contributed by atoms with E-state index in [9.17, 15) is 24.0 Å². The maximum absolute atomic E-state index is 11.8. The molecule has 4 aliphatic heterocycles. The summed E-state index contributed by atoms with van der Waals surface area (Å²) in [7, 11) is 5.35. The summed E-state index contributed by atoms with van der Waals surface area (Å²) in [6.45, 7) is 28.4. The maximum atomic E-state index is 11.8. The van der Waals surface area contributed by atoms with E-state index in [4.69, 9.17) is 14.5 Å². The third kappa shape index (κ3) is 19.5. The van der Waals surface area contributed by atoms with Crippen LogP contribution in [0.1, 0.15) is 131 Å². The number of amides is 3. The number of hydrogen-bond donors (Lipinski definition) is 3. The number of aromatic nitrogens is 2. The van der Waals surface area contributed by atoms with Crippen LogP contribution in [0.25, 0.3) is 22.2 Å². The van der Waals surface area contributed by atoms with Crippen molar-refractivity contribution in [3.8, 4) is 23.1 Å². The summed E-state index contributed by atoms with van der Waals surface area (Å²) in [6, 6.07) is 10.0. The summed E-state index contributed by atoms with van der Waals surface area (Å²) in [5.41, 5.74) is 9.86. The SMILES string of the molecule is CC(C)(C#CC(=O)N1CCCC1)N1CCC1.CC(C=O)NC(=O)C(C(C)C)N(C)C=O.CCn1c(-c2cccnc2C(C)OC)c(CC(C)(C)COC=O)c2cc(N3CCCCC3)ccc21.CN1CCCCN1.CS. The van der Waals surface area contributed by atoms with Gasteiger partial charge < -0.3 is 38.9 Å². The monoisotopic (exact) mass is 1060 g/mol. The van der Waals surface area contributed by atoms with E-state index in [2.05, 4.69) is 121 Å². The molecule has 3 atom stereocenters. The molecular weight excluding hydrogens is 967 g/mol. The van der Waals surface area contributed by atoms with Crippen LogP contribution in [0.15, 0.2) is 36.5 Å². The smallest absolute Gasteiger partial charge is 0.298 e. The second-order valence-corrected chi connectivity index (χ2v) is 21.5. The van der Waals surface area contributed by atoms with E-state index >= 15 is 0 Å². The molecule has 6 heterocycles. The van der Waals surface area contributed by atoms with Gasteiger partial charge in [0.15, 0.2) is 0 Å². The molecule has 0 saturated carbocycles. The molecule has 7 rings (SSSR count). The van der Waals surface area contributed by atoms with Gasteiger partial charge in [-0.1, -0.05) is 33.6 Å². The van der Waals surface area contributed by atoms with Crippen molar-refractivity contribution in [2.75, 3.05) is 91.3 Å². The summed E-state index contributed by atoms with van der Waals surface area (Å²) < 4.78 is 13.3. The van der Waals surface area contributed by atoms with Gasteiger partial charge in [-0.25, -0.2) is 5.01 Å². The number of nitrogens with one attached hydrogen (secondary N) is 2. The topological polar surface area (TPSA) is 162 Å². The minimum atomic E-state index is -0.537. The maximum Gasteiger partial charge on any atom is 0.298 e. The second-order valence-electron chi connectivity index (χ2n) is 21.5. The number of methoxy groups -OCH3 is 1. The van der Waals surface area contributed by atoms with Crippen LogP contribution >= 0.6 is 12.6 Å². The van der Waals surface area contributed by atoms with Crippen molar-refractivity contribution in [1.29, 1.82) is 0 Å². The zero-order chi connectivity index (χ0) is 55.7. The highest BCUT2D eigenvalue weighted by molar-refractivity contribution is 7.79. The molecule has 0 spiro atoms. The summed E-state index contributed by atoms with van der Waals surface area (Å²) in [6.07, 6.45) is 15.4. The number of likely N-dealkylation sites (tertiary alicyclic amines) is 2. The number of anilines is 1. The molecule has 1 aromatic carbocycles. The van der Waals surface area contributed by atoms with E-state index in [1.807, 2.05) is 37.9 Å². The Bertz CT molecular complexity index is 2290. The Hall–Kier alpha value is -4.99. The van der Waals surface area contributed by atoms with Crippen LogP contribution in [-0.4, -0.2) is 164 Å². The van der Waals surface area contributed by atoms with Crippen molar-refractivity contribution in [2.45, 2.75) is 150 Å². The molecule has 4 fully saturated rings. The third-order valence-electron chi connectivity index (χ3n) is 14.1. The van der Waals surface area contributed by atoms with Crippen LogP contribution in [0.5, 0.6) is 0 Å². The molecular formula is C58H93N9O7S. The largest absolute Gasteiger partial charge is 0.467 e. The van der Waals surface area contributed by atoms with Crippen molar-refractivity contribution in [3.05, 3.63) is 47.8 Å². The number of piperidine rings is 1. The number of carbonyl (C=O) groups is 5. The van der Waals surface area contributed by atoms with Crippen molar-refractivity contribution in [2.24, 2.45) is 11.3 Å². The van der Waals surface area contributed by atoms with E-state index in [0.717, 1.165) is 82.9 Å². The predicted molar refractivity (Wildman–Crippen MR) is 307 cm³/mol. The number of carbonyl (C=O) groups excluding carboxylic acids is 5. The van der Waals surface area contributed by atoms with Crippen molar-refractivity contribution < 1.29 is 33.4 Å². The number of nitrogens with zero attached hydrogens (tertiary/aromatic N) is 7. The Morgan fingerprint density at radius 3 is 2.08 bits per heavy atom. The van der Waals surface area contributed by atoms with E-state index in [1.54, 1.807) is 27.3 Å². The van der Waals surface area contributed by atoms with Gasteiger partial charge in [0.2, 0.25) is 12.3 Å². The van der Waals surface area contributed by atoms with E-state index in [-0.39, 0.29) is 34.8 Å². The minimum absolute atomic E-state index is 0.000878. The van der Waals surface area contributed by atoms with E-state index in [1.165, 1.54) is 77.8 Å². The highest BCUT2D eigenvalue weighted by Crippen LogP contribution is 2.42. The molecule has 16 nitrogen and oxygen atoms in total. The first-order valence-corrected chi connectivity index (χ1v) is 28.0. The molecule has 17 heteroatoms. The highest BCUT2D eigenvalue weighted by atomic mass is 32.1. The molecule has 2 N–H and O–H groups in total. The van der Waals surface area contributed by atoms with Gasteiger partial charge in [-0.2, -0.15) is 12.6 Å². The average Bonchev–Trinajstić information content (AvgIpc) is 4.04. The lowest BCUT2D eigenvalue weighted by atomic mass is 9.84. The molecule has 3 unspecified atom stereocenters. The standard InChI is InChI=1S/C29H39N3O3.C13H20N2O.C10H18N2O3.C5H12N2.CH4S/c1-6-32-26-13-12-22(31-15-8-7-9-16-31)17-24(26)25(18-29(3,4)19-35-20-33)28(32)23-11-10-14-30-27(23)21(2)34-5;1-13(2,15-10-5-11-15)7-6-12(16)14-8-3-4-9-14;1-7(2)9(12(4)6-14)10(15)11-8(3)5-13;1-7-5-3-2-4-6-7;1-2/h10-14,17,20-21H,6-9,15-16,18-19H2,1-5H3;3-5,8-11H2,1-2H3;5-9H,1-4H3,(H,11,15);6H,2-5H2,1H3;2H,1H3. The quantitative estimate of drug-likeness (QED) is 0.0684. The Labute approximate surface area is 455 Å². The number of ether oxygens (including phenoxy) is 2. The first-order valence-electron chi connectivity index (χ1n) is 27.2. The number of aryl methyl sites for hydroxylation is 1. The van der Waals surface area contributed by atoms with Gasteiger partial charge in [0.25, 0.3) is 12.4 Å². The molecule has 4 aliphatic rings. The fourth-order valence-electron chi connectivity index (χ4n) is 9.77. The Kier molecular flexibility index (Phi) is 27.9. The second kappa shape index (κ2) is 32.6. The number of pyridine rings is 1. The van der Waals surface area contributed by atoms with E-state index < -0.39 is 12.1 Å². The lowest BCUT2D eigenvalue weighted by molar-refractivity contribution is -0.134. The molecule has 4 saturated heterocycles. The van der Waals surface area contributed by atoms with Crippen LogP contribution in [0.4, 0.5) is 5.69 Å². The predicted octanol–water partition coefficient (Wildman–Crippen LogP) is 7.82. The molecule has 0 radical (unpaired) electrons. The van der Waals surface area contributed by atoms with Gasteiger partial charge in [-0.05, 0) is 146 Å². The molecule has 0 aliphatic carbocycles. The van der Waals surface area contributed by atoms with Gasteiger partial charge in [-0.15, -0.1) is 0 Å². The molecule has 0 bridgehead atoms. The number of hydrogen-bond acceptors (Lipinski definition) is 13. The number of hydrazine groups is 1. The Morgan fingerprint density at radius 2 is 1.56 bits per heavy atom. The summed E-state index contributed by atoms with van der Waals surface area (Å²) >= 11 is 3.53. The van der Waals surface area contributed by atoms with Gasteiger partial charge in [0.05, 0.1) is 35.7 Å². The van der Waals surface area contributed by atoms with Crippen LogP contribution in [0, 0.1) is 23.2 Å². The van der Waals surface area contributed by atoms with Crippen LogP contribution in [0.3, 0.4) is 0 Å². The van der Waals surface area contributed by atoms with Gasteiger partial charge in [-0.3, -0.25) is 34.5 Å². The van der Waals surface area contributed by atoms with Crippen molar-refractivity contribution in [1.82, 2.24) is 40.0 Å². The number of rotatable bonds is 17. The summed E-state index contributed by atoms with van der Waals surface area (Å²) in [5.74, 6) is 5.63. The number of aldehydes is 1. The number of fused-ring (bicyclic) bond motifs is 1. The van der Waals surface area contributed by atoms with Crippen molar-refractivity contribution >= 4 is 60.2 Å². The van der Waals surface area contributed by atoms with Crippen LogP contribution < -0.4 is 15.6 Å². The minimum Gasteiger partial charge on any atom is -0.467 e. The zero-order valence-electron chi connectivity index (χ0n) is 47.9. The lowest BCUT2D eigenvalue weighted by Crippen LogP contribution is -2.51. The lowest BCUT2D eigenvalue weighted by Gasteiger charge is -2.41. The fourth-order valence-corrected chi connectivity index (χ4v) is 9.77. The normalized spacial score (nSPS) is 17.0. The fraction of sp³-hybridized carbons (Fsp3) is 0.655. The third-order valence-corrected chi connectivity index (χ3v) is 14.1. The number of benzene rings is 1. The molecule has 418 valence electrons. The van der Waals surface area contributed by atoms with Gasteiger partial charge >= 0.3 is 0 Å². The van der Waals surface area contributed by atoms with Crippen LogP contribution in [0.2, 0.25) is 0 Å². The molecule has 3 aromatic rings. The summed E-state index contributed by atoms with van der Waals surface area (Å²) in [5, 5.41) is 5.93. The van der Waals surface area contributed by atoms with Gasteiger partial charge in [0.1, 0.15) is 12.3 Å². The average molecular weight is 1060 g/mol. The molecule has 2 aromatic heterocycles. The first-order chi connectivity index (χ1) is 35.8. The first kappa shape index (κ1) is 64.3. The zero-order valence-corrected chi connectivity index (χ0v) is 48.8.